The molecule has 1 N–H and O–H groups in total. The lowest BCUT2D eigenvalue weighted by Crippen LogP contribution is -2.36. The van der Waals surface area contributed by atoms with Crippen molar-refractivity contribution in [2.24, 2.45) is 5.92 Å². The highest BCUT2D eigenvalue weighted by Crippen LogP contribution is 2.54. The highest BCUT2D eigenvalue weighted by molar-refractivity contribution is 9.10. The molecule has 1 saturated carbocycles. The Bertz CT molecular complexity index is 1050. The number of hydrogen-bond donors (Lipinski definition) is 1. The first-order valence-electron chi connectivity index (χ1n) is 9.87. The fraction of sp³-hybridized carbons (Fsp3) is 0.409. The molecule has 2 aliphatic rings. The van der Waals surface area contributed by atoms with Crippen LogP contribution in [0.4, 0.5) is 5.69 Å². The van der Waals surface area contributed by atoms with Crippen LogP contribution in [0, 0.1) is 5.92 Å². The first kappa shape index (κ1) is 20.6. The van der Waals surface area contributed by atoms with Gasteiger partial charge in [-0.15, -0.1) is 0 Å². The number of benzene rings is 2. The number of amides is 1. The molecule has 2 aromatic carbocycles. The number of fused-ring (bicyclic) bond motifs is 1. The number of nitrogens with zero attached hydrogens (tertiary/aromatic N) is 1. The lowest BCUT2D eigenvalue weighted by Gasteiger charge is -2.25. The number of carbonyl (C=O) groups excluding carboxylic acids is 1. The lowest BCUT2D eigenvalue weighted by atomic mass is 9.80. The third-order valence-corrected chi connectivity index (χ3v) is 8.18. The van der Waals surface area contributed by atoms with Crippen molar-refractivity contribution in [1.82, 2.24) is 4.72 Å². The van der Waals surface area contributed by atoms with E-state index >= 15 is 0 Å². The van der Waals surface area contributed by atoms with Crippen molar-refractivity contribution < 1.29 is 13.2 Å². The van der Waals surface area contributed by atoms with E-state index in [9.17, 15) is 13.2 Å². The van der Waals surface area contributed by atoms with Crippen molar-refractivity contribution >= 4 is 37.5 Å². The topological polar surface area (TPSA) is 66.5 Å². The van der Waals surface area contributed by atoms with E-state index < -0.39 is 10.0 Å². The number of halogens is 1. The highest BCUT2D eigenvalue weighted by atomic mass is 79.9. The van der Waals surface area contributed by atoms with Crippen LogP contribution in [0.1, 0.15) is 37.3 Å². The van der Waals surface area contributed by atoms with Crippen LogP contribution < -0.4 is 9.62 Å². The minimum atomic E-state index is -3.44. The molecule has 0 aromatic heterocycles. The minimum Gasteiger partial charge on any atom is -0.311 e. The normalized spacial score (nSPS) is 21.3. The summed E-state index contributed by atoms with van der Waals surface area (Å²) in [4.78, 5) is 15.3. The fourth-order valence-electron chi connectivity index (χ4n) is 4.33. The van der Waals surface area contributed by atoms with Gasteiger partial charge in [-0.1, -0.05) is 35.0 Å². The van der Waals surface area contributed by atoms with Gasteiger partial charge in [0, 0.05) is 28.5 Å². The minimum absolute atomic E-state index is 0.0257. The third-order valence-electron chi connectivity index (χ3n) is 6.26. The van der Waals surface area contributed by atoms with Gasteiger partial charge in [-0.3, -0.25) is 4.79 Å². The van der Waals surface area contributed by atoms with Crippen LogP contribution in [-0.4, -0.2) is 27.9 Å². The molecular formula is C22H25BrN2O3S. The molecule has 2 aromatic rings. The second-order valence-electron chi connectivity index (χ2n) is 8.18. The Morgan fingerprint density at radius 1 is 1.21 bits per heavy atom. The van der Waals surface area contributed by atoms with Crippen LogP contribution >= 0.6 is 15.9 Å². The van der Waals surface area contributed by atoms with Gasteiger partial charge in [-0.2, -0.15) is 0 Å². The molecule has 7 heteroatoms. The zero-order chi connectivity index (χ0) is 20.8. The maximum atomic E-state index is 13.1. The summed E-state index contributed by atoms with van der Waals surface area (Å²) in [5.74, 6) is 0.764. The smallest absolute Gasteiger partial charge is 0.240 e. The average molecular weight is 477 g/mol. The molecule has 29 heavy (non-hydrogen) atoms. The van der Waals surface area contributed by atoms with Crippen molar-refractivity contribution in [1.29, 1.82) is 0 Å². The summed E-state index contributed by atoms with van der Waals surface area (Å²) in [6, 6.07) is 12.9. The molecule has 1 heterocycles. The zero-order valence-electron chi connectivity index (χ0n) is 16.6. The van der Waals surface area contributed by atoms with Crippen LogP contribution in [0.25, 0.3) is 0 Å². The average Bonchev–Trinajstić information content (AvgIpc) is 3.53. The van der Waals surface area contributed by atoms with Crippen molar-refractivity contribution in [3.8, 4) is 0 Å². The number of anilines is 1. The van der Waals surface area contributed by atoms with Gasteiger partial charge >= 0.3 is 0 Å². The Kier molecular flexibility index (Phi) is 5.34. The molecular weight excluding hydrogens is 452 g/mol. The largest absolute Gasteiger partial charge is 0.311 e. The summed E-state index contributed by atoms with van der Waals surface area (Å²) in [7, 11) is -2.05. The fourth-order valence-corrected chi connectivity index (χ4v) is 5.42. The van der Waals surface area contributed by atoms with E-state index in [1.54, 1.807) is 24.3 Å². The number of carbonyl (C=O) groups is 1. The van der Waals surface area contributed by atoms with Crippen molar-refractivity contribution in [2.75, 3.05) is 18.5 Å². The van der Waals surface area contributed by atoms with E-state index in [0.717, 1.165) is 22.3 Å². The van der Waals surface area contributed by atoms with Crippen LogP contribution in [0.3, 0.4) is 0 Å². The molecule has 1 atom stereocenters. The quantitative estimate of drug-likeness (QED) is 0.684. The summed E-state index contributed by atoms with van der Waals surface area (Å²) < 4.78 is 27.0. The predicted molar refractivity (Wildman–Crippen MR) is 118 cm³/mol. The number of sulfonamides is 1. The van der Waals surface area contributed by atoms with Gasteiger partial charge in [0.25, 0.3) is 0 Å². The Balaban J connectivity index is 1.48. The van der Waals surface area contributed by atoms with E-state index in [1.165, 1.54) is 25.5 Å². The van der Waals surface area contributed by atoms with E-state index in [2.05, 4.69) is 33.6 Å². The maximum absolute atomic E-state index is 13.1. The monoisotopic (exact) mass is 476 g/mol. The van der Waals surface area contributed by atoms with Gasteiger partial charge in [0.05, 0.1) is 4.90 Å². The maximum Gasteiger partial charge on any atom is 0.240 e. The van der Waals surface area contributed by atoms with Crippen molar-refractivity contribution in [3.63, 3.8) is 0 Å². The van der Waals surface area contributed by atoms with Gasteiger partial charge in [0.1, 0.15) is 0 Å². The third kappa shape index (κ3) is 3.88. The van der Waals surface area contributed by atoms with Gasteiger partial charge in [0.2, 0.25) is 15.9 Å². The second-order valence-corrected chi connectivity index (χ2v) is 11.0. The van der Waals surface area contributed by atoms with E-state index in [4.69, 9.17) is 0 Å². The highest BCUT2D eigenvalue weighted by Gasteiger charge is 2.50. The lowest BCUT2D eigenvalue weighted by molar-refractivity contribution is -0.118. The molecule has 0 radical (unpaired) electrons. The Hall–Kier alpha value is -1.70. The summed E-state index contributed by atoms with van der Waals surface area (Å²) in [5.41, 5.74) is 3.28. The molecule has 1 fully saturated rings. The number of rotatable bonds is 6. The Morgan fingerprint density at radius 2 is 1.90 bits per heavy atom. The van der Waals surface area contributed by atoms with E-state index in [0.29, 0.717) is 18.8 Å². The number of aryl methyl sites for hydroxylation is 1. The van der Waals surface area contributed by atoms with E-state index in [-0.39, 0.29) is 16.2 Å². The Morgan fingerprint density at radius 3 is 2.52 bits per heavy atom. The van der Waals surface area contributed by atoms with Crippen LogP contribution in [-0.2, 0) is 26.7 Å². The molecule has 1 unspecified atom stereocenters. The van der Waals surface area contributed by atoms with Crippen LogP contribution in [0.5, 0.6) is 0 Å². The molecule has 1 aliphatic heterocycles. The molecule has 154 valence electrons. The SMILES string of the molecule is CNS(=O)(=O)c1ccc(CCC(=O)N2CC(C)(C3CC3)c3cc(Br)ccc32)cc1. The first-order chi connectivity index (χ1) is 13.7. The molecule has 0 spiro atoms. The molecule has 1 amide bonds. The molecule has 4 rings (SSSR count). The van der Waals surface area contributed by atoms with Crippen molar-refractivity contribution in [3.05, 3.63) is 58.1 Å². The van der Waals surface area contributed by atoms with E-state index in [1.807, 2.05) is 17.0 Å². The van der Waals surface area contributed by atoms with Crippen LogP contribution in [0.2, 0.25) is 0 Å². The van der Waals surface area contributed by atoms with Crippen LogP contribution in [0.15, 0.2) is 51.8 Å². The molecule has 1 aliphatic carbocycles. The summed E-state index contributed by atoms with van der Waals surface area (Å²) in [5, 5.41) is 0. The number of hydrogen-bond acceptors (Lipinski definition) is 3. The number of nitrogens with one attached hydrogen (secondary N) is 1. The summed E-state index contributed by atoms with van der Waals surface area (Å²) in [6.07, 6.45) is 3.44. The van der Waals surface area contributed by atoms with Gasteiger partial charge in [-0.25, -0.2) is 13.1 Å². The molecule has 0 saturated heterocycles. The zero-order valence-corrected chi connectivity index (χ0v) is 19.0. The molecule has 0 bridgehead atoms. The van der Waals surface area contributed by atoms with Gasteiger partial charge < -0.3 is 4.90 Å². The first-order valence-corrected chi connectivity index (χ1v) is 12.1. The van der Waals surface area contributed by atoms with Gasteiger partial charge in [0.15, 0.2) is 0 Å². The van der Waals surface area contributed by atoms with Gasteiger partial charge in [-0.05, 0) is 73.7 Å². The van der Waals surface area contributed by atoms with Crippen molar-refractivity contribution in [2.45, 2.75) is 42.9 Å². The standard InChI is InChI=1S/C22H25BrN2O3S/c1-22(16-6-7-16)14-25(20-11-8-17(23)13-19(20)22)21(26)12-5-15-3-9-18(10-4-15)29(27,28)24-2/h3-4,8-11,13,16,24H,5-7,12,14H2,1-2H3. The molecule has 5 nitrogen and oxygen atoms in total. The summed E-state index contributed by atoms with van der Waals surface area (Å²) in [6.45, 7) is 3.02. The predicted octanol–water partition coefficient (Wildman–Crippen LogP) is 4.00. The second kappa shape index (κ2) is 7.52. The Labute approximate surface area is 180 Å². The summed E-state index contributed by atoms with van der Waals surface area (Å²) >= 11 is 3.58.